The summed E-state index contributed by atoms with van der Waals surface area (Å²) in [6, 6.07) is 9.69. The van der Waals surface area contributed by atoms with E-state index >= 15 is 0 Å². The summed E-state index contributed by atoms with van der Waals surface area (Å²) in [6.45, 7) is 0. The van der Waals surface area contributed by atoms with Crippen molar-refractivity contribution in [2.75, 3.05) is 0 Å². The fraction of sp³-hybridized carbons (Fsp3) is 0. The second-order valence-electron chi connectivity index (χ2n) is 2.92. The van der Waals surface area contributed by atoms with Gasteiger partial charge in [-0.15, -0.1) is 0 Å². The van der Waals surface area contributed by atoms with Gasteiger partial charge in [0.2, 0.25) is 0 Å². The molecule has 1 aromatic carbocycles. The molecule has 3 nitrogen and oxygen atoms in total. The van der Waals surface area contributed by atoms with Crippen LogP contribution in [0, 0.1) is 11.3 Å². The van der Waals surface area contributed by atoms with Gasteiger partial charge in [-0.3, -0.25) is 0 Å². The molecule has 2 aromatic rings. The maximum Gasteiger partial charge on any atom is 0.159 e. The zero-order valence-electron chi connectivity index (χ0n) is 7.68. The maximum atomic E-state index is 8.61. The van der Waals surface area contributed by atoms with Crippen molar-refractivity contribution < 1.29 is 0 Å². The van der Waals surface area contributed by atoms with Crippen LogP contribution in [0.25, 0.3) is 11.4 Å². The lowest BCUT2D eigenvalue weighted by atomic mass is 10.2. The number of aromatic nitrogens is 2. The van der Waals surface area contributed by atoms with Gasteiger partial charge in [0.15, 0.2) is 5.82 Å². The van der Waals surface area contributed by atoms with Gasteiger partial charge >= 0.3 is 0 Å². The van der Waals surface area contributed by atoms with Crippen molar-refractivity contribution in [2.24, 2.45) is 0 Å². The molecule has 0 N–H and O–H groups in total. The van der Waals surface area contributed by atoms with Crippen molar-refractivity contribution in [1.29, 1.82) is 5.26 Å². The first-order valence-electron chi connectivity index (χ1n) is 4.27. The predicted octanol–water partition coefficient (Wildman–Crippen LogP) is 2.78. The summed E-state index contributed by atoms with van der Waals surface area (Å²) in [4.78, 5) is 8.21. The van der Waals surface area contributed by atoms with Crippen LogP contribution in [0.3, 0.4) is 0 Å². The molecule has 15 heavy (non-hydrogen) atoms. The SMILES string of the molecule is N#Cc1cnc(-c2cccc(Br)c2)nc1. The first-order valence-corrected chi connectivity index (χ1v) is 5.07. The lowest BCUT2D eigenvalue weighted by Crippen LogP contribution is -1.89. The average molecular weight is 260 g/mol. The fourth-order valence-corrected chi connectivity index (χ4v) is 1.56. The highest BCUT2D eigenvalue weighted by Crippen LogP contribution is 2.19. The zero-order valence-corrected chi connectivity index (χ0v) is 9.27. The number of nitrogens with zero attached hydrogens (tertiary/aromatic N) is 3. The van der Waals surface area contributed by atoms with E-state index in [0.29, 0.717) is 11.4 Å². The molecule has 72 valence electrons. The maximum absolute atomic E-state index is 8.61. The van der Waals surface area contributed by atoms with Crippen LogP contribution in [-0.2, 0) is 0 Å². The number of hydrogen-bond acceptors (Lipinski definition) is 3. The molecule has 0 bridgehead atoms. The largest absolute Gasteiger partial charge is 0.235 e. The van der Waals surface area contributed by atoms with Gasteiger partial charge in [-0.2, -0.15) is 5.26 Å². The second kappa shape index (κ2) is 4.20. The molecule has 2 rings (SSSR count). The molecule has 0 fully saturated rings. The monoisotopic (exact) mass is 259 g/mol. The molecule has 0 amide bonds. The topological polar surface area (TPSA) is 49.6 Å². The number of nitriles is 1. The van der Waals surface area contributed by atoms with E-state index in [1.54, 1.807) is 0 Å². The molecule has 1 heterocycles. The number of hydrogen-bond donors (Lipinski definition) is 0. The summed E-state index contributed by atoms with van der Waals surface area (Å²) in [7, 11) is 0. The van der Waals surface area contributed by atoms with E-state index in [2.05, 4.69) is 25.9 Å². The van der Waals surface area contributed by atoms with Crippen LogP contribution in [0.1, 0.15) is 5.56 Å². The van der Waals surface area contributed by atoms with Crippen LogP contribution >= 0.6 is 15.9 Å². The van der Waals surface area contributed by atoms with E-state index in [1.165, 1.54) is 12.4 Å². The number of halogens is 1. The number of benzene rings is 1. The first kappa shape index (κ1) is 9.81. The van der Waals surface area contributed by atoms with E-state index in [4.69, 9.17) is 5.26 Å². The van der Waals surface area contributed by atoms with Gasteiger partial charge in [-0.1, -0.05) is 28.1 Å². The van der Waals surface area contributed by atoms with Gasteiger partial charge in [-0.05, 0) is 12.1 Å². The highest BCUT2D eigenvalue weighted by atomic mass is 79.9. The quantitative estimate of drug-likeness (QED) is 0.792. The molecule has 0 atom stereocenters. The smallest absolute Gasteiger partial charge is 0.159 e. The Morgan fingerprint density at radius 2 is 1.93 bits per heavy atom. The number of rotatable bonds is 1. The average Bonchev–Trinajstić information content (AvgIpc) is 2.29. The van der Waals surface area contributed by atoms with Gasteiger partial charge in [0.25, 0.3) is 0 Å². The van der Waals surface area contributed by atoms with E-state index in [1.807, 2.05) is 30.3 Å². The zero-order chi connectivity index (χ0) is 10.7. The van der Waals surface area contributed by atoms with Crippen LogP contribution in [0.5, 0.6) is 0 Å². The third kappa shape index (κ3) is 2.20. The molecule has 0 aliphatic carbocycles. The molecule has 4 heteroatoms. The minimum Gasteiger partial charge on any atom is -0.235 e. The van der Waals surface area contributed by atoms with Gasteiger partial charge in [0.1, 0.15) is 6.07 Å². The Morgan fingerprint density at radius 1 is 1.20 bits per heavy atom. The van der Waals surface area contributed by atoms with Crippen LogP contribution < -0.4 is 0 Å². The van der Waals surface area contributed by atoms with Crippen molar-refractivity contribution >= 4 is 15.9 Å². The minimum atomic E-state index is 0.466. The lowest BCUT2D eigenvalue weighted by molar-refractivity contribution is 1.16. The van der Waals surface area contributed by atoms with Gasteiger partial charge in [-0.25, -0.2) is 9.97 Å². The molecular formula is C11H6BrN3. The Kier molecular flexibility index (Phi) is 2.75. The van der Waals surface area contributed by atoms with Crippen LogP contribution in [0.4, 0.5) is 0 Å². The first-order chi connectivity index (χ1) is 7.29. The van der Waals surface area contributed by atoms with Crippen LogP contribution in [0.2, 0.25) is 0 Å². The third-order valence-corrected chi connectivity index (χ3v) is 2.36. The molecule has 0 aliphatic heterocycles. The highest BCUT2D eigenvalue weighted by molar-refractivity contribution is 9.10. The third-order valence-electron chi connectivity index (χ3n) is 1.86. The summed E-state index contributed by atoms with van der Waals surface area (Å²) in [6.07, 6.45) is 3.03. The Hall–Kier alpha value is -1.73. The van der Waals surface area contributed by atoms with Crippen molar-refractivity contribution in [1.82, 2.24) is 9.97 Å². The van der Waals surface area contributed by atoms with E-state index < -0.39 is 0 Å². The standard InChI is InChI=1S/C11H6BrN3/c12-10-3-1-2-9(4-10)11-14-6-8(5-13)7-15-11/h1-4,6-7H. The summed E-state index contributed by atoms with van der Waals surface area (Å²) < 4.78 is 0.980. The predicted molar refractivity (Wildman–Crippen MR) is 59.9 cm³/mol. The normalized spacial score (nSPS) is 9.60. The fourth-order valence-electron chi connectivity index (χ4n) is 1.16. The molecule has 0 unspecified atom stereocenters. The van der Waals surface area contributed by atoms with Crippen molar-refractivity contribution in [3.05, 3.63) is 46.7 Å². The Bertz CT molecular complexity index is 514. The second-order valence-corrected chi connectivity index (χ2v) is 3.83. The van der Waals surface area contributed by atoms with Crippen molar-refractivity contribution in [3.8, 4) is 17.5 Å². The van der Waals surface area contributed by atoms with Crippen LogP contribution in [-0.4, -0.2) is 9.97 Å². The Balaban J connectivity index is 2.42. The van der Waals surface area contributed by atoms with Gasteiger partial charge < -0.3 is 0 Å². The molecule has 0 saturated heterocycles. The highest BCUT2D eigenvalue weighted by Gasteiger charge is 2.01. The summed E-state index contributed by atoms with van der Waals surface area (Å²) in [5, 5.41) is 8.61. The van der Waals surface area contributed by atoms with Crippen LogP contribution in [0.15, 0.2) is 41.1 Å². The van der Waals surface area contributed by atoms with Crippen molar-refractivity contribution in [2.45, 2.75) is 0 Å². The van der Waals surface area contributed by atoms with E-state index in [9.17, 15) is 0 Å². The van der Waals surface area contributed by atoms with Gasteiger partial charge in [0, 0.05) is 22.4 Å². The van der Waals surface area contributed by atoms with E-state index in [-0.39, 0.29) is 0 Å². The Labute approximate surface area is 95.6 Å². The lowest BCUT2D eigenvalue weighted by Gasteiger charge is -1.99. The summed E-state index contributed by atoms with van der Waals surface area (Å²) >= 11 is 3.38. The minimum absolute atomic E-state index is 0.466. The molecule has 0 radical (unpaired) electrons. The van der Waals surface area contributed by atoms with Crippen molar-refractivity contribution in [3.63, 3.8) is 0 Å². The van der Waals surface area contributed by atoms with Gasteiger partial charge in [0.05, 0.1) is 5.56 Å². The molecule has 1 aromatic heterocycles. The molecule has 0 saturated carbocycles. The molecule has 0 aliphatic rings. The summed E-state index contributed by atoms with van der Waals surface area (Å²) in [5.74, 6) is 0.621. The Morgan fingerprint density at radius 3 is 2.53 bits per heavy atom. The molecular weight excluding hydrogens is 254 g/mol. The summed E-state index contributed by atoms with van der Waals surface area (Å²) in [5.41, 5.74) is 1.39. The van der Waals surface area contributed by atoms with E-state index in [0.717, 1.165) is 10.0 Å². The molecule has 0 spiro atoms.